The zero-order chi connectivity index (χ0) is 31.4. The van der Waals surface area contributed by atoms with Crippen LogP contribution in [-0.4, -0.2) is 36.6 Å². The van der Waals surface area contributed by atoms with Gasteiger partial charge in [-0.05, 0) is 73.4 Å². The smallest absolute Gasteiger partial charge is 0.282 e. The Labute approximate surface area is 257 Å². The number of para-hydroxylation sites is 1. The number of nitrogens with zero attached hydrogens (tertiary/aromatic N) is 4. The average molecular weight is 593 g/mol. The molecule has 226 valence electrons. The van der Waals surface area contributed by atoms with E-state index in [0.29, 0.717) is 40.2 Å². The topological polar surface area (TPSA) is 69.0 Å². The highest BCUT2D eigenvalue weighted by molar-refractivity contribution is 5.85. The van der Waals surface area contributed by atoms with Crippen molar-refractivity contribution in [2.75, 3.05) is 25.6 Å². The van der Waals surface area contributed by atoms with E-state index < -0.39 is 0 Å². The maximum absolute atomic E-state index is 14.4. The van der Waals surface area contributed by atoms with Crippen molar-refractivity contribution in [2.24, 2.45) is 5.10 Å². The zero-order valence-electron chi connectivity index (χ0n) is 26.0. The molecule has 1 heterocycles. The molecule has 1 aromatic heterocycles. The number of aromatic nitrogens is 2. The molecule has 0 aliphatic carbocycles. The van der Waals surface area contributed by atoms with E-state index in [2.05, 4.69) is 13.8 Å². The number of fused-ring (bicyclic) bond motifs is 1. The van der Waals surface area contributed by atoms with Crippen LogP contribution in [0.4, 0.5) is 10.1 Å². The number of halogens is 1. The number of benzene rings is 4. The van der Waals surface area contributed by atoms with Crippen LogP contribution >= 0.6 is 0 Å². The molecule has 0 radical (unpaired) electrons. The van der Waals surface area contributed by atoms with Gasteiger partial charge in [-0.3, -0.25) is 4.79 Å². The van der Waals surface area contributed by atoms with Crippen LogP contribution in [0.25, 0.3) is 22.3 Å². The molecule has 5 aromatic rings. The third kappa shape index (κ3) is 6.34. The second kappa shape index (κ2) is 13.1. The van der Waals surface area contributed by atoms with E-state index in [1.165, 1.54) is 10.7 Å². The van der Waals surface area contributed by atoms with Crippen LogP contribution in [0.3, 0.4) is 0 Å². The quantitative estimate of drug-likeness (QED) is 0.157. The number of aryl methyl sites for hydroxylation is 1. The normalized spacial score (nSPS) is 11.5. The molecule has 4 aromatic carbocycles. The first-order valence-corrected chi connectivity index (χ1v) is 14.7. The lowest BCUT2D eigenvalue weighted by molar-refractivity contribution is 0.299. The van der Waals surface area contributed by atoms with Crippen molar-refractivity contribution in [1.29, 1.82) is 0 Å². The lowest BCUT2D eigenvalue weighted by Gasteiger charge is -2.18. The molecule has 8 heteroatoms. The molecule has 44 heavy (non-hydrogen) atoms. The summed E-state index contributed by atoms with van der Waals surface area (Å²) in [4.78, 5) is 20.8. The van der Waals surface area contributed by atoms with Gasteiger partial charge in [-0.1, -0.05) is 44.2 Å². The molecule has 0 amide bonds. The number of anilines is 1. The number of hydrogen-bond acceptors (Lipinski definition) is 6. The molecule has 0 unspecified atom stereocenters. The van der Waals surface area contributed by atoms with E-state index in [9.17, 15) is 9.18 Å². The van der Waals surface area contributed by atoms with E-state index in [4.69, 9.17) is 19.6 Å². The highest BCUT2D eigenvalue weighted by Crippen LogP contribution is 2.34. The van der Waals surface area contributed by atoms with Crippen LogP contribution in [0.5, 0.6) is 11.5 Å². The second-order valence-electron chi connectivity index (χ2n) is 11.1. The van der Waals surface area contributed by atoms with Crippen molar-refractivity contribution in [3.05, 3.63) is 117 Å². The van der Waals surface area contributed by atoms with E-state index in [1.54, 1.807) is 30.5 Å². The fourth-order valence-electron chi connectivity index (χ4n) is 5.00. The van der Waals surface area contributed by atoms with Gasteiger partial charge in [0.05, 0.1) is 23.7 Å². The summed E-state index contributed by atoms with van der Waals surface area (Å²) in [6.45, 7) is 8.74. The molecule has 7 nitrogen and oxygen atoms in total. The van der Waals surface area contributed by atoms with E-state index >= 15 is 0 Å². The summed E-state index contributed by atoms with van der Waals surface area (Å²) < 4.78 is 27.8. The van der Waals surface area contributed by atoms with Crippen LogP contribution in [-0.2, 0) is 6.61 Å². The van der Waals surface area contributed by atoms with Gasteiger partial charge in [-0.15, -0.1) is 0 Å². The van der Waals surface area contributed by atoms with Gasteiger partial charge < -0.3 is 14.4 Å². The highest BCUT2D eigenvalue weighted by atomic mass is 19.1. The summed E-state index contributed by atoms with van der Waals surface area (Å²) in [5.74, 6) is 1.59. The predicted octanol–water partition coefficient (Wildman–Crippen LogP) is 7.56. The Balaban J connectivity index is 1.65. The molecule has 0 atom stereocenters. The summed E-state index contributed by atoms with van der Waals surface area (Å²) in [5.41, 5.74) is 4.99. The fraction of sp³-hybridized carbons (Fsp3) is 0.250. The SMILES string of the molecule is CCOc1cc(C)c(-c2nc3ccccc3c(=O)n2N=Cc2ccc(N(C)C)cc2OCc2ccccc2F)cc1C(C)C. The maximum atomic E-state index is 14.4. The molecular weight excluding hydrogens is 555 g/mol. The van der Waals surface area contributed by atoms with Gasteiger partial charge in [0.25, 0.3) is 5.56 Å². The van der Waals surface area contributed by atoms with Crippen molar-refractivity contribution >= 4 is 22.8 Å². The van der Waals surface area contributed by atoms with Crippen molar-refractivity contribution in [1.82, 2.24) is 9.66 Å². The standard InChI is InChI=1S/C36H37FN4O3/c1-7-43-34-18-24(4)30(20-29(34)23(2)3)35-39-32-15-11-9-13-28(32)36(42)41(35)38-21-25-16-17-27(40(5)6)19-33(25)44-22-26-12-8-10-14-31(26)37/h8-21,23H,7,22H2,1-6H3. The Hall–Kier alpha value is -4.98. The van der Waals surface area contributed by atoms with E-state index in [0.717, 1.165) is 28.1 Å². The summed E-state index contributed by atoms with van der Waals surface area (Å²) in [6.07, 6.45) is 1.59. The van der Waals surface area contributed by atoms with Crippen molar-refractivity contribution < 1.29 is 13.9 Å². The third-order valence-electron chi connectivity index (χ3n) is 7.44. The van der Waals surface area contributed by atoms with E-state index in [1.807, 2.05) is 81.4 Å². The van der Waals surface area contributed by atoms with Gasteiger partial charge >= 0.3 is 0 Å². The minimum absolute atomic E-state index is 0.0382. The van der Waals surface area contributed by atoms with Crippen LogP contribution in [0.2, 0.25) is 0 Å². The van der Waals surface area contributed by atoms with E-state index in [-0.39, 0.29) is 23.9 Å². The second-order valence-corrected chi connectivity index (χ2v) is 11.1. The first kappa shape index (κ1) is 30.5. The number of hydrogen-bond donors (Lipinski definition) is 0. The predicted molar refractivity (Wildman–Crippen MR) is 176 cm³/mol. The Bertz CT molecular complexity index is 1900. The molecule has 0 bridgehead atoms. The van der Waals surface area contributed by atoms with Gasteiger partial charge in [0.15, 0.2) is 5.82 Å². The average Bonchev–Trinajstić information content (AvgIpc) is 3.00. The monoisotopic (exact) mass is 592 g/mol. The molecule has 5 rings (SSSR count). The Morgan fingerprint density at radius 2 is 1.73 bits per heavy atom. The van der Waals surface area contributed by atoms with Crippen LogP contribution < -0.4 is 19.9 Å². The highest BCUT2D eigenvalue weighted by Gasteiger charge is 2.19. The van der Waals surface area contributed by atoms with Gasteiger partial charge in [0.2, 0.25) is 0 Å². The van der Waals surface area contributed by atoms with Crippen LogP contribution in [0.15, 0.2) is 88.8 Å². The van der Waals surface area contributed by atoms with Gasteiger partial charge in [0, 0.05) is 42.5 Å². The molecule has 0 spiro atoms. The lowest BCUT2D eigenvalue weighted by Crippen LogP contribution is -2.21. The number of rotatable bonds is 10. The van der Waals surface area contributed by atoms with Crippen molar-refractivity contribution in [3.63, 3.8) is 0 Å². The first-order valence-electron chi connectivity index (χ1n) is 14.7. The zero-order valence-corrected chi connectivity index (χ0v) is 26.0. The van der Waals surface area contributed by atoms with Gasteiger partial charge in [0.1, 0.15) is 23.9 Å². The van der Waals surface area contributed by atoms with Crippen LogP contribution in [0.1, 0.15) is 48.9 Å². The summed E-state index contributed by atoms with van der Waals surface area (Å²) in [5, 5.41) is 5.16. The van der Waals surface area contributed by atoms with Crippen molar-refractivity contribution in [3.8, 4) is 22.9 Å². The summed E-state index contributed by atoms with van der Waals surface area (Å²) in [7, 11) is 3.86. The summed E-state index contributed by atoms with van der Waals surface area (Å²) >= 11 is 0. The van der Waals surface area contributed by atoms with Crippen molar-refractivity contribution in [2.45, 2.75) is 40.2 Å². The Kier molecular flexibility index (Phi) is 9.09. The maximum Gasteiger partial charge on any atom is 0.282 e. The minimum Gasteiger partial charge on any atom is -0.494 e. The molecule has 0 aliphatic rings. The molecule has 0 aliphatic heterocycles. The molecule has 0 saturated heterocycles. The van der Waals surface area contributed by atoms with Crippen LogP contribution in [0, 0.1) is 12.7 Å². The summed E-state index contributed by atoms with van der Waals surface area (Å²) in [6, 6.07) is 23.5. The van der Waals surface area contributed by atoms with Gasteiger partial charge in [-0.2, -0.15) is 9.78 Å². The largest absolute Gasteiger partial charge is 0.494 e. The fourth-order valence-corrected chi connectivity index (χ4v) is 5.00. The Morgan fingerprint density at radius 3 is 2.45 bits per heavy atom. The number of ether oxygens (including phenoxy) is 2. The minimum atomic E-state index is -0.337. The first-order chi connectivity index (χ1) is 21.2. The molecular formula is C36H37FN4O3. The molecule has 0 N–H and O–H groups in total. The van der Waals surface area contributed by atoms with Gasteiger partial charge in [-0.25, -0.2) is 9.37 Å². The lowest BCUT2D eigenvalue weighted by atomic mass is 9.96. The molecule has 0 saturated carbocycles. The molecule has 0 fully saturated rings. The Morgan fingerprint density at radius 1 is 0.977 bits per heavy atom. The third-order valence-corrected chi connectivity index (χ3v) is 7.44.